The number of halogens is 2. The van der Waals surface area contributed by atoms with Gasteiger partial charge in [-0.1, -0.05) is 18.2 Å². The van der Waals surface area contributed by atoms with Crippen molar-refractivity contribution in [2.75, 3.05) is 12.4 Å². The molecule has 0 aliphatic heterocycles. The van der Waals surface area contributed by atoms with E-state index in [2.05, 4.69) is 5.32 Å². The fourth-order valence-electron chi connectivity index (χ4n) is 1.17. The molecule has 0 unspecified atom stereocenters. The van der Waals surface area contributed by atoms with Crippen LogP contribution >= 0.6 is 11.6 Å². The molecule has 1 N–H and O–H groups in total. The van der Waals surface area contributed by atoms with Gasteiger partial charge in [0.15, 0.2) is 0 Å². The van der Waals surface area contributed by atoms with E-state index in [1.807, 2.05) is 0 Å². The zero-order valence-electron chi connectivity index (χ0n) is 8.30. The zero-order valence-corrected chi connectivity index (χ0v) is 9.06. The minimum absolute atomic E-state index is 0.0783. The number of hydrogen-bond acceptors (Lipinski definition) is 1. The maximum atomic E-state index is 13.1. The fraction of sp³-hybridized carbons (Fsp3) is 0.364. The zero-order chi connectivity index (χ0) is 11.1. The van der Waals surface area contributed by atoms with Crippen LogP contribution in [0.25, 0.3) is 0 Å². The van der Waals surface area contributed by atoms with Crippen molar-refractivity contribution in [3.8, 4) is 0 Å². The number of rotatable bonds is 5. The second kappa shape index (κ2) is 6.40. The lowest BCUT2D eigenvalue weighted by atomic mass is 10.1. The summed E-state index contributed by atoms with van der Waals surface area (Å²) in [5, 5.41) is 2.67. The normalized spacial score (nSPS) is 10.0. The summed E-state index contributed by atoms with van der Waals surface area (Å²) in [4.78, 5) is 11.3. The van der Waals surface area contributed by atoms with Crippen LogP contribution in [0.1, 0.15) is 12.0 Å². The number of hydrogen-bond donors (Lipinski definition) is 1. The maximum absolute atomic E-state index is 13.1. The van der Waals surface area contributed by atoms with Gasteiger partial charge in [0.2, 0.25) is 5.91 Å². The molecular formula is C11H13ClFNO. The first-order valence-electron chi connectivity index (χ1n) is 4.80. The number of carbonyl (C=O) groups is 1. The third kappa shape index (κ3) is 4.30. The Hall–Kier alpha value is -1.09. The molecule has 82 valence electrons. The molecule has 0 aliphatic rings. The highest BCUT2D eigenvalue weighted by Gasteiger charge is 2.06. The van der Waals surface area contributed by atoms with E-state index in [1.165, 1.54) is 6.07 Å². The molecule has 0 aromatic heterocycles. The molecule has 1 rings (SSSR count). The SMILES string of the molecule is O=C(Cc1ccccc1F)NCCCCl. The Morgan fingerprint density at radius 3 is 2.80 bits per heavy atom. The molecule has 0 radical (unpaired) electrons. The van der Waals surface area contributed by atoms with E-state index in [1.54, 1.807) is 18.2 Å². The molecule has 0 saturated heterocycles. The van der Waals surface area contributed by atoms with Crippen molar-refractivity contribution >= 4 is 17.5 Å². The van der Waals surface area contributed by atoms with E-state index in [-0.39, 0.29) is 18.1 Å². The van der Waals surface area contributed by atoms with Crippen LogP contribution in [-0.4, -0.2) is 18.3 Å². The van der Waals surface area contributed by atoms with Gasteiger partial charge in [0.05, 0.1) is 6.42 Å². The molecule has 2 nitrogen and oxygen atoms in total. The van der Waals surface area contributed by atoms with E-state index >= 15 is 0 Å². The minimum Gasteiger partial charge on any atom is -0.356 e. The van der Waals surface area contributed by atoms with Crippen molar-refractivity contribution in [3.05, 3.63) is 35.6 Å². The van der Waals surface area contributed by atoms with Crippen LogP contribution < -0.4 is 5.32 Å². The van der Waals surface area contributed by atoms with Crippen LogP contribution in [0.4, 0.5) is 4.39 Å². The number of alkyl halides is 1. The number of nitrogens with one attached hydrogen (secondary N) is 1. The highest BCUT2D eigenvalue weighted by atomic mass is 35.5. The van der Waals surface area contributed by atoms with Gasteiger partial charge in [0.1, 0.15) is 5.82 Å². The van der Waals surface area contributed by atoms with E-state index < -0.39 is 0 Å². The van der Waals surface area contributed by atoms with Crippen LogP contribution in [0.2, 0.25) is 0 Å². The molecule has 1 aromatic carbocycles. The molecule has 0 saturated carbocycles. The van der Waals surface area contributed by atoms with Crippen LogP contribution in [0.5, 0.6) is 0 Å². The van der Waals surface area contributed by atoms with Crippen molar-refractivity contribution in [1.29, 1.82) is 0 Å². The Balaban J connectivity index is 2.41. The summed E-state index contributed by atoms with van der Waals surface area (Å²) < 4.78 is 13.1. The summed E-state index contributed by atoms with van der Waals surface area (Å²) in [5.74, 6) is -0.00446. The predicted molar refractivity (Wildman–Crippen MR) is 58.5 cm³/mol. The highest BCUT2D eigenvalue weighted by molar-refractivity contribution is 6.17. The molecule has 15 heavy (non-hydrogen) atoms. The van der Waals surface area contributed by atoms with Gasteiger partial charge in [0, 0.05) is 12.4 Å². The summed E-state index contributed by atoms with van der Waals surface area (Å²) in [5.41, 5.74) is 0.417. The Labute approximate surface area is 93.4 Å². The smallest absolute Gasteiger partial charge is 0.224 e. The average molecular weight is 230 g/mol. The summed E-state index contributed by atoms with van der Waals surface area (Å²) >= 11 is 5.46. The van der Waals surface area contributed by atoms with Crippen molar-refractivity contribution < 1.29 is 9.18 Å². The largest absolute Gasteiger partial charge is 0.356 e. The van der Waals surface area contributed by atoms with Crippen molar-refractivity contribution in [2.24, 2.45) is 0 Å². The Bertz CT molecular complexity index is 330. The number of benzene rings is 1. The first-order valence-corrected chi connectivity index (χ1v) is 5.33. The van der Waals surface area contributed by atoms with E-state index in [0.717, 1.165) is 6.42 Å². The third-order valence-corrected chi connectivity index (χ3v) is 2.21. The average Bonchev–Trinajstić information content (AvgIpc) is 2.22. The summed E-state index contributed by atoms with van der Waals surface area (Å²) in [7, 11) is 0. The quantitative estimate of drug-likeness (QED) is 0.608. The van der Waals surface area contributed by atoms with Crippen LogP contribution in [0.3, 0.4) is 0 Å². The van der Waals surface area contributed by atoms with Gasteiger partial charge >= 0.3 is 0 Å². The van der Waals surface area contributed by atoms with Gasteiger partial charge in [0.25, 0.3) is 0 Å². The fourth-order valence-corrected chi connectivity index (χ4v) is 1.31. The molecule has 0 aliphatic carbocycles. The van der Waals surface area contributed by atoms with Gasteiger partial charge in [-0.3, -0.25) is 4.79 Å². The van der Waals surface area contributed by atoms with Gasteiger partial charge in [-0.15, -0.1) is 11.6 Å². The number of amides is 1. The lowest BCUT2D eigenvalue weighted by Crippen LogP contribution is -2.26. The summed E-state index contributed by atoms with van der Waals surface area (Å²) in [6.07, 6.45) is 0.805. The van der Waals surface area contributed by atoms with Gasteiger partial charge < -0.3 is 5.32 Å². The lowest BCUT2D eigenvalue weighted by molar-refractivity contribution is -0.120. The Kier molecular flexibility index (Phi) is 5.12. The Morgan fingerprint density at radius 1 is 1.40 bits per heavy atom. The molecule has 0 bridgehead atoms. The summed E-state index contributed by atoms with van der Waals surface area (Å²) in [6.45, 7) is 0.538. The van der Waals surface area contributed by atoms with Crippen molar-refractivity contribution in [3.63, 3.8) is 0 Å². The lowest BCUT2D eigenvalue weighted by Gasteiger charge is -2.04. The standard InChI is InChI=1S/C11H13ClFNO/c12-6-3-7-14-11(15)8-9-4-1-2-5-10(9)13/h1-2,4-5H,3,6-8H2,(H,14,15). The molecule has 0 atom stereocenters. The molecular weight excluding hydrogens is 217 g/mol. The molecule has 0 spiro atoms. The van der Waals surface area contributed by atoms with E-state index in [9.17, 15) is 9.18 Å². The van der Waals surface area contributed by atoms with Gasteiger partial charge in [-0.25, -0.2) is 4.39 Å². The highest BCUT2D eigenvalue weighted by Crippen LogP contribution is 2.06. The molecule has 4 heteroatoms. The second-order valence-electron chi connectivity index (χ2n) is 3.16. The summed E-state index contributed by atoms with van der Waals surface area (Å²) in [6, 6.07) is 6.27. The van der Waals surface area contributed by atoms with Crippen molar-refractivity contribution in [1.82, 2.24) is 5.32 Å². The molecule has 1 aromatic rings. The van der Waals surface area contributed by atoms with Gasteiger partial charge in [-0.05, 0) is 18.1 Å². The monoisotopic (exact) mass is 229 g/mol. The first kappa shape index (κ1) is 12.0. The first-order chi connectivity index (χ1) is 7.24. The van der Waals surface area contributed by atoms with Crippen molar-refractivity contribution in [2.45, 2.75) is 12.8 Å². The molecule has 0 fully saturated rings. The van der Waals surface area contributed by atoms with Crippen LogP contribution in [0, 0.1) is 5.82 Å². The Morgan fingerprint density at radius 2 is 2.13 bits per heavy atom. The third-order valence-electron chi connectivity index (χ3n) is 1.94. The van der Waals surface area contributed by atoms with Crippen LogP contribution in [0.15, 0.2) is 24.3 Å². The maximum Gasteiger partial charge on any atom is 0.224 e. The minimum atomic E-state index is -0.343. The predicted octanol–water partition coefficient (Wildman–Crippen LogP) is 2.11. The number of carbonyl (C=O) groups excluding carboxylic acids is 1. The van der Waals surface area contributed by atoms with E-state index in [0.29, 0.717) is 18.0 Å². The molecule has 1 amide bonds. The van der Waals surface area contributed by atoms with Crippen LogP contribution in [-0.2, 0) is 11.2 Å². The van der Waals surface area contributed by atoms with Gasteiger partial charge in [-0.2, -0.15) is 0 Å². The molecule has 0 heterocycles. The van der Waals surface area contributed by atoms with E-state index in [4.69, 9.17) is 11.6 Å². The second-order valence-corrected chi connectivity index (χ2v) is 3.54. The topological polar surface area (TPSA) is 29.1 Å².